The average Bonchev–Trinajstić information content (AvgIpc) is 2.83. The Balaban J connectivity index is 1.56. The number of benzene rings is 3. The fraction of sp³-hybridized carbons (Fsp3) is 0.0833. The van der Waals surface area contributed by atoms with Gasteiger partial charge in [-0.3, -0.25) is 14.2 Å². The van der Waals surface area contributed by atoms with E-state index in [2.05, 4.69) is 15.5 Å². The Bertz CT molecular complexity index is 1420. The summed E-state index contributed by atoms with van der Waals surface area (Å²) in [6.45, 7) is 1.75. The monoisotopic (exact) mass is 496 g/mol. The van der Waals surface area contributed by atoms with E-state index in [4.69, 9.17) is 23.2 Å². The summed E-state index contributed by atoms with van der Waals surface area (Å²) in [6, 6.07) is 21.5. The zero-order chi connectivity index (χ0) is 23.4. The van der Waals surface area contributed by atoms with Gasteiger partial charge in [0.15, 0.2) is 5.16 Å². The topological polar surface area (TPSA) is 76.3 Å². The van der Waals surface area contributed by atoms with Crippen LogP contribution in [-0.2, 0) is 4.79 Å². The first-order chi connectivity index (χ1) is 15.9. The molecule has 1 heterocycles. The number of nitrogens with zero attached hydrogens (tertiary/aromatic N) is 3. The van der Waals surface area contributed by atoms with Crippen LogP contribution in [0.5, 0.6) is 0 Å². The summed E-state index contributed by atoms with van der Waals surface area (Å²) in [6.07, 6.45) is 0. The number of amides is 1. The predicted molar refractivity (Wildman–Crippen MR) is 135 cm³/mol. The maximum absolute atomic E-state index is 13.2. The summed E-state index contributed by atoms with van der Waals surface area (Å²) in [5.74, 6) is -0.308. The Morgan fingerprint density at radius 3 is 2.52 bits per heavy atom. The molecule has 0 fully saturated rings. The molecule has 1 amide bonds. The van der Waals surface area contributed by atoms with Gasteiger partial charge in [0.1, 0.15) is 0 Å². The molecule has 166 valence electrons. The second kappa shape index (κ2) is 10.2. The summed E-state index contributed by atoms with van der Waals surface area (Å²) in [7, 11) is 0. The largest absolute Gasteiger partial charge is 0.272 e. The molecule has 0 aliphatic carbocycles. The minimum Gasteiger partial charge on any atom is -0.272 e. The quantitative estimate of drug-likeness (QED) is 0.169. The van der Waals surface area contributed by atoms with Crippen molar-refractivity contribution in [2.45, 2.75) is 12.1 Å². The second-order valence-corrected chi connectivity index (χ2v) is 8.79. The molecule has 1 N–H and O–H groups in total. The second-order valence-electron chi connectivity index (χ2n) is 7.04. The molecule has 0 radical (unpaired) electrons. The third-order valence-electron chi connectivity index (χ3n) is 4.78. The number of carbonyl (C=O) groups is 1. The summed E-state index contributed by atoms with van der Waals surface area (Å²) < 4.78 is 1.52. The van der Waals surface area contributed by atoms with E-state index in [1.165, 1.54) is 4.57 Å². The van der Waals surface area contributed by atoms with E-state index in [1.807, 2.05) is 36.4 Å². The van der Waals surface area contributed by atoms with Crippen molar-refractivity contribution >= 4 is 57.5 Å². The first-order valence-corrected chi connectivity index (χ1v) is 11.7. The van der Waals surface area contributed by atoms with E-state index in [0.29, 0.717) is 37.5 Å². The average molecular weight is 497 g/mol. The number of nitrogens with one attached hydrogen (secondary N) is 1. The number of halogens is 2. The molecule has 1 aromatic heterocycles. The molecule has 6 nitrogen and oxygen atoms in total. The van der Waals surface area contributed by atoms with Crippen LogP contribution < -0.4 is 11.0 Å². The number of hydrazone groups is 1. The number of thioether (sulfide) groups is 1. The Labute approximate surface area is 204 Å². The van der Waals surface area contributed by atoms with Gasteiger partial charge in [0.05, 0.1) is 38.1 Å². The fourth-order valence-corrected chi connectivity index (χ4v) is 4.21. The van der Waals surface area contributed by atoms with Crippen molar-refractivity contribution in [2.75, 3.05) is 5.75 Å². The van der Waals surface area contributed by atoms with Gasteiger partial charge in [-0.25, -0.2) is 10.4 Å². The van der Waals surface area contributed by atoms with E-state index in [9.17, 15) is 9.59 Å². The minimum atomic E-state index is -0.332. The van der Waals surface area contributed by atoms with Crippen LogP contribution in [-0.4, -0.2) is 26.9 Å². The molecule has 0 aliphatic rings. The Morgan fingerprint density at radius 2 is 1.76 bits per heavy atom. The number of para-hydroxylation sites is 2. The van der Waals surface area contributed by atoms with E-state index in [0.717, 1.165) is 17.3 Å². The standard InChI is InChI=1S/C24H18Cl2N4O2S/c1-15(16-11-12-19(25)20(26)13-16)28-29-22(31)14-33-24-27-21-10-6-5-9-18(21)23(32)30(24)17-7-3-2-4-8-17/h2-13H,14H2,1H3,(H,29,31)/b28-15+. The lowest BCUT2D eigenvalue weighted by atomic mass is 10.1. The van der Waals surface area contributed by atoms with Crippen molar-refractivity contribution in [1.29, 1.82) is 0 Å². The van der Waals surface area contributed by atoms with Gasteiger partial charge < -0.3 is 0 Å². The lowest BCUT2D eigenvalue weighted by Gasteiger charge is -2.13. The van der Waals surface area contributed by atoms with Crippen LogP contribution in [0.4, 0.5) is 0 Å². The third-order valence-corrected chi connectivity index (χ3v) is 6.45. The number of carbonyl (C=O) groups excluding carboxylic acids is 1. The highest BCUT2D eigenvalue weighted by Crippen LogP contribution is 2.23. The first kappa shape index (κ1) is 23.0. The highest BCUT2D eigenvalue weighted by atomic mass is 35.5. The Morgan fingerprint density at radius 1 is 1.03 bits per heavy atom. The van der Waals surface area contributed by atoms with Crippen molar-refractivity contribution in [1.82, 2.24) is 15.0 Å². The maximum atomic E-state index is 13.2. The molecule has 4 aromatic rings. The van der Waals surface area contributed by atoms with Gasteiger partial charge in [-0.15, -0.1) is 0 Å². The highest BCUT2D eigenvalue weighted by Gasteiger charge is 2.14. The molecule has 9 heteroatoms. The Hall–Kier alpha value is -3.13. The zero-order valence-corrected chi connectivity index (χ0v) is 19.8. The van der Waals surface area contributed by atoms with Crippen LogP contribution in [0.25, 0.3) is 16.6 Å². The van der Waals surface area contributed by atoms with Crippen LogP contribution in [0.2, 0.25) is 10.0 Å². The van der Waals surface area contributed by atoms with Gasteiger partial charge in [-0.05, 0) is 48.9 Å². The van der Waals surface area contributed by atoms with Crippen LogP contribution in [0.3, 0.4) is 0 Å². The van der Waals surface area contributed by atoms with Crippen LogP contribution in [0.15, 0.2) is 87.8 Å². The molecule has 3 aromatic carbocycles. The van der Waals surface area contributed by atoms with Crippen molar-refractivity contribution in [2.24, 2.45) is 5.10 Å². The minimum absolute atomic E-state index is 0.0236. The number of rotatable bonds is 6. The SMILES string of the molecule is C/C(=N\NC(=O)CSc1nc2ccccc2c(=O)n1-c1ccccc1)c1ccc(Cl)c(Cl)c1. The predicted octanol–water partition coefficient (Wildman–Crippen LogP) is 5.33. The van der Waals surface area contributed by atoms with E-state index in [1.54, 1.807) is 43.3 Å². The molecule has 0 saturated carbocycles. The smallest absolute Gasteiger partial charge is 0.266 e. The van der Waals surface area contributed by atoms with E-state index < -0.39 is 0 Å². The van der Waals surface area contributed by atoms with Crippen molar-refractivity contribution in [3.63, 3.8) is 0 Å². The van der Waals surface area contributed by atoms with Gasteiger partial charge in [0.25, 0.3) is 11.5 Å². The summed E-state index contributed by atoms with van der Waals surface area (Å²) in [5.41, 5.74) is 4.92. The number of hydrogen-bond donors (Lipinski definition) is 1. The molecule has 0 spiro atoms. The normalized spacial score (nSPS) is 11.5. The van der Waals surface area contributed by atoms with Gasteiger partial charge in [-0.1, -0.05) is 71.4 Å². The maximum Gasteiger partial charge on any atom is 0.266 e. The molecule has 0 bridgehead atoms. The highest BCUT2D eigenvalue weighted by molar-refractivity contribution is 7.99. The van der Waals surface area contributed by atoms with Gasteiger partial charge >= 0.3 is 0 Å². The zero-order valence-electron chi connectivity index (χ0n) is 17.5. The molecule has 0 saturated heterocycles. The number of hydrogen-bond acceptors (Lipinski definition) is 5. The number of aromatic nitrogens is 2. The van der Waals surface area contributed by atoms with Gasteiger partial charge in [-0.2, -0.15) is 5.10 Å². The molecule has 0 aliphatic heterocycles. The fourth-order valence-electron chi connectivity index (χ4n) is 3.11. The molecule has 0 unspecified atom stereocenters. The van der Waals surface area contributed by atoms with Crippen molar-refractivity contribution in [3.8, 4) is 5.69 Å². The van der Waals surface area contributed by atoms with Crippen LogP contribution in [0.1, 0.15) is 12.5 Å². The van der Waals surface area contributed by atoms with Crippen LogP contribution >= 0.6 is 35.0 Å². The van der Waals surface area contributed by atoms with Crippen molar-refractivity contribution < 1.29 is 4.79 Å². The molecule has 33 heavy (non-hydrogen) atoms. The first-order valence-electron chi connectivity index (χ1n) is 9.92. The summed E-state index contributed by atoms with van der Waals surface area (Å²) >= 11 is 13.2. The number of fused-ring (bicyclic) bond motifs is 1. The van der Waals surface area contributed by atoms with Gasteiger partial charge in [0.2, 0.25) is 0 Å². The lowest BCUT2D eigenvalue weighted by Crippen LogP contribution is -2.24. The molecular weight excluding hydrogens is 479 g/mol. The third kappa shape index (κ3) is 5.27. The van der Waals surface area contributed by atoms with E-state index in [-0.39, 0.29) is 17.2 Å². The van der Waals surface area contributed by atoms with Crippen molar-refractivity contribution in [3.05, 3.63) is 98.8 Å². The molecule has 0 atom stereocenters. The summed E-state index contributed by atoms with van der Waals surface area (Å²) in [4.78, 5) is 30.3. The molecule has 4 rings (SSSR count). The lowest BCUT2D eigenvalue weighted by molar-refractivity contribution is -0.118. The molecular formula is C24H18Cl2N4O2S. The van der Waals surface area contributed by atoms with Crippen LogP contribution in [0, 0.1) is 0 Å². The summed E-state index contributed by atoms with van der Waals surface area (Å²) in [5, 5.41) is 5.93. The van der Waals surface area contributed by atoms with Gasteiger partial charge in [0, 0.05) is 0 Å². The van der Waals surface area contributed by atoms with E-state index >= 15 is 0 Å². The Kier molecular flexibility index (Phi) is 7.13.